The minimum Gasteiger partial charge on any atom is -0.396 e. The smallest absolute Gasteiger partial charge is 0.254 e. The molecule has 0 aliphatic heterocycles. The molecule has 5 nitrogen and oxygen atoms in total. The van der Waals surface area contributed by atoms with Gasteiger partial charge in [0.2, 0.25) is 0 Å². The number of carbonyl (C=O) groups is 1. The third-order valence-corrected chi connectivity index (χ3v) is 2.47. The zero-order chi connectivity index (χ0) is 13.5. The van der Waals surface area contributed by atoms with Crippen LogP contribution in [0.25, 0.3) is 0 Å². The summed E-state index contributed by atoms with van der Waals surface area (Å²) >= 11 is 0. The molecule has 0 aromatic heterocycles. The summed E-state index contributed by atoms with van der Waals surface area (Å²) in [7, 11) is 1.52. The van der Waals surface area contributed by atoms with E-state index in [4.69, 9.17) is 15.6 Å². The van der Waals surface area contributed by atoms with E-state index in [-0.39, 0.29) is 30.3 Å². The lowest BCUT2D eigenvalue weighted by Gasteiger charge is -2.21. The van der Waals surface area contributed by atoms with E-state index in [0.717, 1.165) is 6.07 Å². The SMILES string of the molecule is COCCN(CCO)C(=O)c1ccc(N)c(F)c1. The highest BCUT2D eigenvalue weighted by Gasteiger charge is 2.16. The molecule has 3 N–H and O–H groups in total. The third kappa shape index (κ3) is 3.68. The van der Waals surface area contributed by atoms with Crippen LogP contribution in [-0.4, -0.2) is 49.3 Å². The summed E-state index contributed by atoms with van der Waals surface area (Å²) in [6, 6.07) is 3.89. The van der Waals surface area contributed by atoms with Gasteiger partial charge in [0.15, 0.2) is 0 Å². The minimum atomic E-state index is -0.628. The molecule has 0 fully saturated rings. The fraction of sp³-hybridized carbons (Fsp3) is 0.417. The number of nitrogen functional groups attached to an aromatic ring is 1. The van der Waals surface area contributed by atoms with Crippen molar-refractivity contribution in [2.45, 2.75) is 0 Å². The molecule has 100 valence electrons. The number of ether oxygens (including phenoxy) is 1. The zero-order valence-corrected chi connectivity index (χ0v) is 10.2. The molecule has 0 saturated carbocycles. The first-order valence-corrected chi connectivity index (χ1v) is 5.54. The van der Waals surface area contributed by atoms with Crippen molar-refractivity contribution in [3.05, 3.63) is 29.6 Å². The number of anilines is 1. The van der Waals surface area contributed by atoms with Crippen LogP contribution in [0.2, 0.25) is 0 Å². The number of halogens is 1. The maximum Gasteiger partial charge on any atom is 0.254 e. The van der Waals surface area contributed by atoms with Gasteiger partial charge in [-0.2, -0.15) is 0 Å². The zero-order valence-electron chi connectivity index (χ0n) is 10.2. The van der Waals surface area contributed by atoms with Crippen LogP contribution in [0.15, 0.2) is 18.2 Å². The van der Waals surface area contributed by atoms with E-state index in [0.29, 0.717) is 13.2 Å². The number of rotatable bonds is 6. The van der Waals surface area contributed by atoms with Gasteiger partial charge in [-0.25, -0.2) is 4.39 Å². The quantitative estimate of drug-likeness (QED) is 0.726. The van der Waals surface area contributed by atoms with Crippen molar-refractivity contribution in [2.75, 3.05) is 39.1 Å². The van der Waals surface area contributed by atoms with E-state index in [1.54, 1.807) is 0 Å². The Morgan fingerprint density at radius 1 is 1.50 bits per heavy atom. The Bertz CT molecular complexity index is 412. The van der Waals surface area contributed by atoms with E-state index in [1.165, 1.54) is 24.1 Å². The van der Waals surface area contributed by atoms with Crippen LogP contribution in [0.5, 0.6) is 0 Å². The summed E-state index contributed by atoms with van der Waals surface area (Å²) in [6.07, 6.45) is 0. The molecule has 1 aromatic rings. The summed E-state index contributed by atoms with van der Waals surface area (Å²) in [4.78, 5) is 13.5. The van der Waals surface area contributed by atoms with Crippen molar-refractivity contribution >= 4 is 11.6 Å². The molecule has 1 aromatic carbocycles. The lowest BCUT2D eigenvalue weighted by atomic mass is 10.1. The Balaban J connectivity index is 2.83. The van der Waals surface area contributed by atoms with Crippen molar-refractivity contribution in [3.63, 3.8) is 0 Å². The Hall–Kier alpha value is -1.66. The number of aliphatic hydroxyl groups is 1. The first-order chi connectivity index (χ1) is 8.60. The predicted molar refractivity (Wildman–Crippen MR) is 65.7 cm³/mol. The second kappa shape index (κ2) is 6.93. The van der Waals surface area contributed by atoms with Gasteiger partial charge in [0, 0.05) is 25.8 Å². The van der Waals surface area contributed by atoms with E-state index < -0.39 is 5.82 Å². The number of carbonyl (C=O) groups excluding carboxylic acids is 1. The highest BCUT2D eigenvalue weighted by Crippen LogP contribution is 2.13. The van der Waals surface area contributed by atoms with Crippen LogP contribution in [0.3, 0.4) is 0 Å². The van der Waals surface area contributed by atoms with Crippen LogP contribution in [0, 0.1) is 5.82 Å². The number of nitrogens with zero attached hydrogens (tertiary/aromatic N) is 1. The van der Waals surface area contributed by atoms with Crippen molar-refractivity contribution in [3.8, 4) is 0 Å². The monoisotopic (exact) mass is 256 g/mol. The first kappa shape index (κ1) is 14.4. The average molecular weight is 256 g/mol. The summed E-state index contributed by atoms with van der Waals surface area (Å²) < 4.78 is 18.1. The number of methoxy groups -OCH3 is 1. The normalized spacial score (nSPS) is 10.4. The van der Waals surface area contributed by atoms with Gasteiger partial charge in [-0.05, 0) is 18.2 Å². The van der Waals surface area contributed by atoms with Crippen LogP contribution in [0.4, 0.5) is 10.1 Å². The summed E-state index contributed by atoms with van der Waals surface area (Å²) in [6.45, 7) is 0.701. The second-order valence-electron chi connectivity index (χ2n) is 3.74. The highest BCUT2D eigenvalue weighted by atomic mass is 19.1. The summed E-state index contributed by atoms with van der Waals surface area (Å²) in [5.74, 6) is -0.989. The molecular formula is C12H17FN2O3. The van der Waals surface area contributed by atoms with Crippen LogP contribution in [-0.2, 0) is 4.74 Å². The molecule has 0 heterocycles. The Kier molecular flexibility index (Phi) is 5.54. The molecule has 18 heavy (non-hydrogen) atoms. The maximum atomic E-state index is 13.3. The third-order valence-electron chi connectivity index (χ3n) is 2.47. The van der Waals surface area contributed by atoms with Gasteiger partial charge in [-0.3, -0.25) is 4.79 Å². The van der Waals surface area contributed by atoms with Gasteiger partial charge in [-0.1, -0.05) is 0 Å². The maximum absolute atomic E-state index is 13.3. The first-order valence-electron chi connectivity index (χ1n) is 5.54. The molecule has 0 atom stereocenters. The number of nitrogens with two attached hydrogens (primary N) is 1. The molecule has 0 spiro atoms. The van der Waals surface area contributed by atoms with Crippen molar-refractivity contribution in [2.24, 2.45) is 0 Å². The molecule has 0 saturated heterocycles. The largest absolute Gasteiger partial charge is 0.396 e. The van der Waals surface area contributed by atoms with Gasteiger partial charge in [-0.15, -0.1) is 0 Å². The van der Waals surface area contributed by atoms with Crippen LogP contribution in [0.1, 0.15) is 10.4 Å². The molecule has 1 amide bonds. The Labute approximate surface area is 105 Å². The van der Waals surface area contributed by atoms with Gasteiger partial charge < -0.3 is 20.5 Å². The van der Waals surface area contributed by atoms with Crippen molar-refractivity contribution < 1.29 is 19.0 Å². The molecule has 0 bridgehead atoms. The molecule has 6 heteroatoms. The number of benzene rings is 1. The summed E-state index contributed by atoms with van der Waals surface area (Å²) in [5.41, 5.74) is 5.54. The predicted octanol–water partition coefficient (Wildman–Crippen LogP) is 0.489. The van der Waals surface area contributed by atoms with Gasteiger partial charge >= 0.3 is 0 Å². The number of hydrogen-bond donors (Lipinski definition) is 2. The van der Waals surface area contributed by atoms with E-state index >= 15 is 0 Å². The highest BCUT2D eigenvalue weighted by molar-refractivity contribution is 5.94. The van der Waals surface area contributed by atoms with E-state index in [1.807, 2.05) is 0 Å². The van der Waals surface area contributed by atoms with Crippen molar-refractivity contribution in [1.82, 2.24) is 4.90 Å². The van der Waals surface area contributed by atoms with E-state index in [9.17, 15) is 9.18 Å². The molecule has 0 radical (unpaired) electrons. The van der Waals surface area contributed by atoms with Crippen molar-refractivity contribution in [1.29, 1.82) is 0 Å². The molecule has 0 unspecified atom stereocenters. The Morgan fingerprint density at radius 3 is 2.78 bits per heavy atom. The standard InChI is InChI=1S/C12H17FN2O3/c1-18-7-5-15(4-6-16)12(17)9-2-3-11(14)10(13)8-9/h2-3,8,16H,4-7,14H2,1H3. The minimum absolute atomic E-state index is 0.00264. The summed E-state index contributed by atoms with van der Waals surface area (Å²) in [5, 5.41) is 8.90. The molecule has 0 aliphatic rings. The van der Waals surface area contributed by atoms with E-state index in [2.05, 4.69) is 0 Å². The van der Waals surface area contributed by atoms with Gasteiger partial charge in [0.25, 0.3) is 5.91 Å². The van der Waals surface area contributed by atoms with Crippen LogP contribution >= 0.6 is 0 Å². The number of hydrogen-bond acceptors (Lipinski definition) is 4. The lowest BCUT2D eigenvalue weighted by molar-refractivity contribution is 0.0656. The van der Waals surface area contributed by atoms with Crippen LogP contribution < -0.4 is 5.73 Å². The second-order valence-corrected chi connectivity index (χ2v) is 3.74. The van der Waals surface area contributed by atoms with Gasteiger partial charge in [0.05, 0.1) is 18.9 Å². The average Bonchev–Trinajstić information content (AvgIpc) is 2.37. The fourth-order valence-electron chi connectivity index (χ4n) is 1.48. The van der Waals surface area contributed by atoms with Gasteiger partial charge in [0.1, 0.15) is 5.82 Å². The topological polar surface area (TPSA) is 75.8 Å². The molecule has 1 rings (SSSR count). The molecular weight excluding hydrogens is 239 g/mol. The lowest BCUT2D eigenvalue weighted by Crippen LogP contribution is -2.36. The molecule has 0 aliphatic carbocycles. The fourth-order valence-corrected chi connectivity index (χ4v) is 1.48. The Morgan fingerprint density at radius 2 is 2.22 bits per heavy atom. The number of amides is 1. The number of aliphatic hydroxyl groups excluding tert-OH is 1.